The summed E-state index contributed by atoms with van der Waals surface area (Å²) in [5, 5.41) is 14.4. The third-order valence-corrected chi connectivity index (χ3v) is 7.73. The van der Waals surface area contributed by atoms with Gasteiger partial charge >= 0.3 is 5.97 Å². The van der Waals surface area contributed by atoms with Crippen molar-refractivity contribution in [2.24, 2.45) is 23.3 Å². The number of hydrogen-bond donors (Lipinski definition) is 4. The number of nitrogens with zero attached hydrogens (tertiary/aromatic N) is 1. The van der Waals surface area contributed by atoms with E-state index in [9.17, 15) is 24.3 Å². The Kier molecular flexibility index (Phi) is 15.2. The first-order valence-corrected chi connectivity index (χ1v) is 15.4. The van der Waals surface area contributed by atoms with E-state index in [0.29, 0.717) is 19.3 Å². The molecule has 2 aromatic carbocycles. The third kappa shape index (κ3) is 11.2. The summed E-state index contributed by atoms with van der Waals surface area (Å²) in [6, 6.07) is 15.2. The van der Waals surface area contributed by atoms with Gasteiger partial charge in [-0.25, -0.2) is 0 Å². The lowest BCUT2D eigenvalue weighted by atomic mass is 9.91. The molecule has 0 aliphatic heterocycles. The van der Waals surface area contributed by atoms with Gasteiger partial charge in [0.25, 0.3) is 0 Å². The average Bonchev–Trinajstić information content (AvgIpc) is 3.00. The molecule has 0 aliphatic carbocycles. The molecule has 10 nitrogen and oxygen atoms in total. The van der Waals surface area contributed by atoms with E-state index in [1.54, 1.807) is 27.7 Å². The Morgan fingerprint density at radius 3 is 1.84 bits per heavy atom. The van der Waals surface area contributed by atoms with E-state index in [1.165, 1.54) is 7.11 Å². The summed E-state index contributed by atoms with van der Waals surface area (Å²) in [6.07, 6.45) is 0.325. The molecule has 242 valence electrons. The maximum atomic E-state index is 14.1. The summed E-state index contributed by atoms with van der Waals surface area (Å²) in [7, 11) is 1.30. The molecule has 3 unspecified atom stereocenters. The minimum Gasteiger partial charge on any atom is -0.469 e. The normalized spacial score (nSPS) is 14.8. The van der Waals surface area contributed by atoms with Gasteiger partial charge in [-0.2, -0.15) is 0 Å². The minimum absolute atomic E-state index is 0.0535. The molecule has 2 rings (SSSR count). The number of aliphatic hydroxyl groups is 1. The van der Waals surface area contributed by atoms with Crippen LogP contribution in [0.1, 0.15) is 64.5 Å². The van der Waals surface area contributed by atoms with Crippen LogP contribution >= 0.6 is 0 Å². The molecule has 3 amide bonds. The first-order chi connectivity index (χ1) is 20.9. The van der Waals surface area contributed by atoms with E-state index < -0.39 is 53.9 Å². The Balaban J connectivity index is 2.37. The first-order valence-electron chi connectivity index (χ1n) is 15.4. The standard InChI is InChI=1S/C34H50N4O6/c1-22(2)30(36)34(43)38(28(39)18-12-13-19-29(40)44-5)31(23(3)4)33(42)37-27(21-25-16-10-7-11-17-25)32(41)26(35)20-24-14-8-6-9-15-24/h6-11,14-17,22-23,26-27,30-32,41H,12-13,18-21,35-36H2,1-5H3,(H,37,42)/t26?,27?,30-,31-,32?/m0/s1. The van der Waals surface area contributed by atoms with Crippen molar-refractivity contribution in [2.75, 3.05) is 7.11 Å². The van der Waals surface area contributed by atoms with Gasteiger partial charge in [0.2, 0.25) is 17.7 Å². The van der Waals surface area contributed by atoms with Crippen LogP contribution in [0, 0.1) is 11.8 Å². The van der Waals surface area contributed by atoms with Gasteiger partial charge in [-0.3, -0.25) is 24.1 Å². The molecular weight excluding hydrogens is 560 g/mol. The van der Waals surface area contributed by atoms with Gasteiger partial charge in [-0.15, -0.1) is 0 Å². The van der Waals surface area contributed by atoms with Crippen LogP contribution in [0.4, 0.5) is 0 Å². The number of nitrogens with two attached hydrogens (primary N) is 2. The molecule has 44 heavy (non-hydrogen) atoms. The number of rotatable bonds is 17. The summed E-state index contributed by atoms with van der Waals surface area (Å²) in [5.74, 6) is -2.92. The van der Waals surface area contributed by atoms with E-state index in [2.05, 4.69) is 10.1 Å². The van der Waals surface area contributed by atoms with Crippen LogP contribution in [0.2, 0.25) is 0 Å². The number of carbonyl (C=O) groups excluding carboxylic acids is 4. The Morgan fingerprint density at radius 1 is 0.818 bits per heavy atom. The van der Waals surface area contributed by atoms with Crippen molar-refractivity contribution in [3.8, 4) is 0 Å². The van der Waals surface area contributed by atoms with Gasteiger partial charge in [0.05, 0.1) is 25.3 Å². The molecule has 0 aromatic heterocycles. The maximum absolute atomic E-state index is 14.1. The average molecular weight is 611 g/mol. The molecule has 0 saturated carbocycles. The van der Waals surface area contributed by atoms with Gasteiger partial charge in [-0.05, 0) is 48.6 Å². The van der Waals surface area contributed by atoms with Crippen LogP contribution in [0.5, 0.6) is 0 Å². The van der Waals surface area contributed by atoms with Crippen molar-refractivity contribution < 1.29 is 29.0 Å². The monoisotopic (exact) mass is 610 g/mol. The Hall–Kier alpha value is -3.60. The third-order valence-electron chi connectivity index (χ3n) is 7.73. The van der Waals surface area contributed by atoms with Gasteiger partial charge in [0, 0.05) is 18.9 Å². The molecule has 0 bridgehead atoms. The van der Waals surface area contributed by atoms with Crippen LogP contribution in [-0.2, 0) is 36.8 Å². The van der Waals surface area contributed by atoms with E-state index in [4.69, 9.17) is 11.5 Å². The second-order valence-electron chi connectivity index (χ2n) is 12.0. The lowest BCUT2D eigenvalue weighted by Crippen LogP contribution is -2.62. The van der Waals surface area contributed by atoms with Crippen LogP contribution < -0.4 is 16.8 Å². The van der Waals surface area contributed by atoms with Gasteiger partial charge in [0.1, 0.15) is 6.04 Å². The number of ether oxygens (including phenoxy) is 1. The topological polar surface area (TPSA) is 165 Å². The fourth-order valence-electron chi connectivity index (χ4n) is 5.05. The molecule has 5 atom stereocenters. The highest BCUT2D eigenvalue weighted by Gasteiger charge is 2.40. The lowest BCUT2D eigenvalue weighted by molar-refractivity contribution is -0.155. The minimum atomic E-state index is -1.18. The number of unbranched alkanes of at least 4 members (excludes halogenated alkanes) is 1. The summed E-state index contributed by atoms with van der Waals surface area (Å²) in [5.41, 5.74) is 14.5. The molecule has 0 radical (unpaired) electrons. The zero-order valence-electron chi connectivity index (χ0n) is 26.6. The SMILES string of the molecule is COC(=O)CCCCC(=O)N(C(=O)[C@@H](N)C(C)C)[C@H](C(=O)NC(Cc1ccccc1)C(O)C(N)Cc1ccccc1)C(C)C. The van der Waals surface area contributed by atoms with Crippen LogP contribution in [-0.4, -0.2) is 71.1 Å². The van der Waals surface area contributed by atoms with Crippen LogP contribution in [0.3, 0.4) is 0 Å². The smallest absolute Gasteiger partial charge is 0.305 e. The number of imide groups is 1. The molecular formula is C34H50N4O6. The van der Waals surface area contributed by atoms with E-state index in [0.717, 1.165) is 16.0 Å². The fraction of sp³-hybridized carbons (Fsp3) is 0.529. The zero-order valence-corrected chi connectivity index (χ0v) is 26.6. The van der Waals surface area contributed by atoms with E-state index >= 15 is 0 Å². The van der Waals surface area contributed by atoms with Gasteiger partial charge in [-0.1, -0.05) is 88.4 Å². The molecule has 2 aromatic rings. The van der Waals surface area contributed by atoms with Gasteiger partial charge < -0.3 is 26.6 Å². The molecule has 0 aliphatic rings. The number of methoxy groups -OCH3 is 1. The van der Waals surface area contributed by atoms with Crippen molar-refractivity contribution in [1.82, 2.24) is 10.2 Å². The van der Waals surface area contributed by atoms with Crippen molar-refractivity contribution in [3.05, 3.63) is 71.8 Å². The Bertz CT molecular complexity index is 1190. The van der Waals surface area contributed by atoms with Crippen molar-refractivity contribution >= 4 is 23.7 Å². The molecule has 0 saturated heterocycles. The summed E-state index contributed by atoms with van der Waals surface area (Å²) < 4.78 is 4.66. The summed E-state index contributed by atoms with van der Waals surface area (Å²) in [6.45, 7) is 7.04. The summed E-state index contributed by atoms with van der Waals surface area (Å²) >= 11 is 0. The molecule has 0 spiro atoms. The second kappa shape index (κ2) is 18.3. The van der Waals surface area contributed by atoms with Crippen molar-refractivity contribution in [3.63, 3.8) is 0 Å². The predicted molar refractivity (Wildman–Crippen MR) is 170 cm³/mol. The predicted octanol–water partition coefficient (Wildman–Crippen LogP) is 2.74. The highest BCUT2D eigenvalue weighted by Crippen LogP contribution is 2.20. The van der Waals surface area contributed by atoms with Crippen LogP contribution in [0.15, 0.2) is 60.7 Å². The number of hydrogen-bond acceptors (Lipinski definition) is 8. The number of esters is 1. The number of nitrogens with one attached hydrogen (secondary N) is 1. The second-order valence-corrected chi connectivity index (χ2v) is 12.0. The zero-order chi connectivity index (χ0) is 32.8. The summed E-state index contributed by atoms with van der Waals surface area (Å²) in [4.78, 5) is 53.8. The largest absolute Gasteiger partial charge is 0.469 e. The highest BCUT2D eigenvalue weighted by molar-refractivity contribution is 6.02. The number of aliphatic hydroxyl groups excluding tert-OH is 1. The highest BCUT2D eigenvalue weighted by atomic mass is 16.5. The van der Waals surface area contributed by atoms with Crippen molar-refractivity contribution in [2.45, 2.75) is 96.5 Å². The van der Waals surface area contributed by atoms with E-state index in [-0.39, 0.29) is 31.1 Å². The number of carbonyl (C=O) groups is 4. The number of amides is 3. The molecule has 0 fully saturated rings. The molecule has 10 heteroatoms. The Labute approximate surface area is 261 Å². The quantitative estimate of drug-likeness (QED) is 0.157. The maximum Gasteiger partial charge on any atom is 0.305 e. The van der Waals surface area contributed by atoms with Crippen molar-refractivity contribution in [1.29, 1.82) is 0 Å². The Morgan fingerprint density at radius 2 is 1.34 bits per heavy atom. The fourth-order valence-corrected chi connectivity index (χ4v) is 5.05. The van der Waals surface area contributed by atoms with Gasteiger partial charge in [0.15, 0.2) is 0 Å². The van der Waals surface area contributed by atoms with Crippen LogP contribution in [0.25, 0.3) is 0 Å². The number of benzene rings is 2. The molecule has 0 heterocycles. The van der Waals surface area contributed by atoms with E-state index in [1.807, 2.05) is 60.7 Å². The first kappa shape index (κ1) is 36.6. The lowest BCUT2D eigenvalue weighted by Gasteiger charge is -2.36. The molecule has 6 N–H and O–H groups in total.